The molecule has 0 radical (unpaired) electrons. The van der Waals surface area contributed by atoms with Crippen molar-refractivity contribution in [2.45, 2.75) is 45.6 Å². The van der Waals surface area contributed by atoms with Gasteiger partial charge in [-0.15, -0.1) is 0 Å². The van der Waals surface area contributed by atoms with Gasteiger partial charge >= 0.3 is 0 Å². The fourth-order valence-corrected chi connectivity index (χ4v) is 5.86. The number of fused-ring (bicyclic) bond motifs is 2. The third-order valence-corrected chi connectivity index (χ3v) is 7.74. The molecule has 0 amide bonds. The number of ether oxygens (including phenoxy) is 1. The molecule has 5 heteroatoms. The molecule has 0 aliphatic carbocycles. The Labute approximate surface area is 223 Å². The zero-order valence-corrected chi connectivity index (χ0v) is 22.2. The number of nitrogens with one attached hydrogen (secondary N) is 2. The first kappa shape index (κ1) is 24.0. The van der Waals surface area contributed by atoms with Gasteiger partial charge in [0.1, 0.15) is 5.75 Å². The maximum atomic E-state index is 6.82. The number of piperidine rings is 1. The highest BCUT2D eigenvalue weighted by atomic mass is 35.5. The highest BCUT2D eigenvalue weighted by molar-refractivity contribution is 6.34. The lowest BCUT2D eigenvalue weighted by atomic mass is 9.97. The predicted molar refractivity (Wildman–Crippen MR) is 155 cm³/mol. The second-order valence-electron chi connectivity index (χ2n) is 10.3. The lowest BCUT2D eigenvalue weighted by Crippen LogP contribution is -2.35. The van der Waals surface area contributed by atoms with Gasteiger partial charge in [0.05, 0.1) is 17.1 Å². The molecule has 1 saturated heterocycles. The summed E-state index contributed by atoms with van der Waals surface area (Å²) in [6, 6.07) is 19.7. The van der Waals surface area contributed by atoms with E-state index in [0.717, 1.165) is 62.8 Å². The number of pyridine rings is 1. The lowest BCUT2D eigenvalue weighted by Gasteiger charge is -2.24. The molecule has 2 aromatic heterocycles. The van der Waals surface area contributed by atoms with Crippen LogP contribution in [0, 0.1) is 13.8 Å². The number of aromatic nitrogens is 2. The van der Waals surface area contributed by atoms with Gasteiger partial charge in [0.15, 0.2) is 0 Å². The minimum absolute atomic E-state index is 0.518. The summed E-state index contributed by atoms with van der Waals surface area (Å²) < 4.78 is 6.65. The van der Waals surface area contributed by atoms with Crippen LogP contribution >= 0.6 is 11.6 Å². The molecule has 4 nitrogen and oxygen atoms in total. The third kappa shape index (κ3) is 4.96. The fourth-order valence-electron chi connectivity index (χ4n) is 5.60. The van der Waals surface area contributed by atoms with Gasteiger partial charge < -0.3 is 15.0 Å². The van der Waals surface area contributed by atoms with Crippen LogP contribution in [0.5, 0.6) is 5.75 Å². The molecule has 1 aliphatic heterocycles. The van der Waals surface area contributed by atoms with E-state index in [9.17, 15) is 0 Å². The number of nitrogens with zero attached hydrogens (tertiary/aromatic N) is 1. The summed E-state index contributed by atoms with van der Waals surface area (Å²) in [6.07, 6.45) is 8.65. The number of hydrogen-bond donors (Lipinski definition) is 2. The molecule has 3 heterocycles. The van der Waals surface area contributed by atoms with Crippen LogP contribution in [0.4, 0.5) is 0 Å². The lowest BCUT2D eigenvalue weighted by molar-refractivity contribution is 0.271. The minimum atomic E-state index is 0.518. The zero-order valence-electron chi connectivity index (χ0n) is 21.4. The molecular formula is C32H32ClN3O. The highest BCUT2D eigenvalue weighted by Gasteiger charge is 2.18. The second kappa shape index (κ2) is 10.2. The molecule has 1 atom stereocenters. The topological polar surface area (TPSA) is 49.9 Å². The molecule has 3 aromatic carbocycles. The molecule has 5 aromatic rings. The Kier molecular flexibility index (Phi) is 6.62. The van der Waals surface area contributed by atoms with Gasteiger partial charge in [0.25, 0.3) is 0 Å². The van der Waals surface area contributed by atoms with Crippen LogP contribution in [0.2, 0.25) is 5.02 Å². The Bertz CT molecular complexity index is 1560. The summed E-state index contributed by atoms with van der Waals surface area (Å²) in [5, 5.41) is 6.48. The van der Waals surface area contributed by atoms with Crippen LogP contribution in [0.1, 0.15) is 36.8 Å². The summed E-state index contributed by atoms with van der Waals surface area (Å²) in [5.74, 6) is 0.881. The van der Waals surface area contributed by atoms with Crippen molar-refractivity contribution in [2.75, 3.05) is 13.2 Å². The number of hydrogen-bond acceptors (Lipinski definition) is 3. The van der Waals surface area contributed by atoms with E-state index >= 15 is 0 Å². The standard InChI is InChI=1S/C32H32ClN3O/c1-20-13-21(2)15-24(14-20)28-19-36-31-18-29(33)26(22-6-7-30-23(16-22)8-11-35-30)17-27(31)32(28)37-12-9-25-5-3-4-10-34-25/h6-8,11,13-19,25,34-35H,3-5,9-10,12H2,1-2H3. The van der Waals surface area contributed by atoms with E-state index in [1.807, 2.05) is 18.5 Å². The van der Waals surface area contributed by atoms with Crippen molar-refractivity contribution in [3.8, 4) is 28.0 Å². The van der Waals surface area contributed by atoms with Crippen LogP contribution in [0.3, 0.4) is 0 Å². The van der Waals surface area contributed by atoms with Crippen LogP contribution in [-0.2, 0) is 0 Å². The van der Waals surface area contributed by atoms with Crippen LogP contribution in [-0.4, -0.2) is 29.2 Å². The van der Waals surface area contributed by atoms with Crippen molar-refractivity contribution in [2.24, 2.45) is 0 Å². The molecule has 2 N–H and O–H groups in total. The molecule has 37 heavy (non-hydrogen) atoms. The number of rotatable bonds is 6. The molecule has 0 spiro atoms. The number of benzene rings is 3. The Balaban J connectivity index is 1.46. The molecule has 6 rings (SSSR count). The van der Waals surface area contributed by atoms with Gasteiger partial charge in [0.2, 0.25) is 0 Å². The van der Waals surface area contributed by atoms with E-state index in [1.165, 1.54) is 30.4 Å². The summed E-state index contributed by atoms with van der Waals surface area (Å²) in [4.78, 5) is 8.10. The Morgan fingerprint density at radius 2 is 1.81 bits per heavy atom. The molecule has 0 saturated carbocycles. The number of aromatic amines is 1. The maximum absolute atomic E-state index is 6.82. The van der Waals surface area contributed by atoms with Crippen molar-refractivity contribution in [1.82, 2.24) is 15.3 Å². The Hall–Kier alpha value is -3.34. The average Bonchev–Trinajstić information content (AvgIpc) is 3.36. The summed E-state index contributed by atoms with van der Waals surface area (Å²) in [5.41, 5.74) is 8.61. The highest BCUT2D eigenvalue weighted by Crippen LogP contribution is 2.41. The van der Waals surface area contributed by atoms with Crippen LogP contribution in [0.25, 0.3) is 44.1 Å². The fraction of sp³-hybridized carbons (Fsp3) is 0.281. The number of H-pyrrole nitrogens is 1. The van der Waals surface area contributed by atoms with Gasteiger partial charge in [-0.25, -0.2) is 0 Å². The number of halogens is 1. The van der Waals surface area contributed by atoms with E-state index in [2.05, 4.69) is 72.7 Å². The molecule has 1 fully saturated rings. The average molecular weight is 510 g/mol. The Morgan fingerprint density at radius 3 is 2.62 bits per heavy atom. The SMILES string of the molecule is Cc1cc(C)cc(-c2cnc3cc(Cl)c(-c4ccc5[nH]ccc5c4)cc3c2OCCC2CCCCN2)c1. The summed E-state index contributed by atoms with van der Waals surface area (Å²) in [7, 11) is 0. The summed E-state index contributed by atoms with van der Waals surface area (Å²) >= 11 is 6.82. The van der Waals surface area contributed by atoms with E-state index in [4.69, 9.17) is 21.3 Å². The van der Waals surface area contributed by atoms with Gasteiger partial charge in [-0.3, -0.25) is 4.98 Å². The summed E-state index contributed by atoms with van der Waals surface area (Å²) in [6.45, 7) is 6.02. The molecule has 188 valence electrons. The molecule has 1 unspecified atom stereocenters. The first-order valence-corrected chi connectivity index (χ1v) is 13.6. The van der Waals surface area contributed by atoms with Gasteiger partial charge in [0, 0.05) is 40.5 Å². The molecule has 1 aliphatic rings. The molecular weight excluding hydrogens is 478 g/mol. The molecule has 0 bridgehead atoms. The van der Waals surface area contributed by atoms with E-state index in [0.29, 0.717) is 17.7 Å². The maximum Gasteiger partial charge on any atom is 0.138 e. The predicted octanol–water partition coefficient (Wildman–Crippen LogP) is 8.23. The zero-order chi connectivity index (χ0) is 25.4. The van der Waals surface area contributed by atoms with Crippen molar-refractivity contribution in [1.29, 1.82) is 0 Å². The van der Waals surface area contributed by atoms with Crippen molar-refractivity contribution in [3.63, 3.8) is 0 Å². The van der Waals surface area contributed by atoms with Crippen LogP contribution < -0.4 is 10.1 Å². The van der Waals surface area contributed by atoms with E-state index < -0.39 is 0 Å². The third-order valence-electron chi connectivity index (χ3n) is 7.43. The number of aryl methyl sites for hydroxylation is 2. The van der Waals surface area contributed by atoms with E-state index in [1.54, 1.807) is 0 Å². The Morgan fingerprint density at radius 1 is 0.946 bits per heavy atom. The van der Waals surface area contributed by atoms with Crippen molar-refractivity contribution >= 4 is 33.4 Å². The monoisotopic (exact) mass is 509 g/mol. The van der Waals surface area contributed by atoms with E-state index in [-0.39, 0.29) is 0 Å². The van der Waals surface area contributed by atoms with Crippen molar-refractivity contribution in [3.05, 3.63) is 83.1 Å². The van der Waals surface area contributed by atoms with Gasteiger partial charge in [-0.05, 0) is 86.5 Å². The normalized spacial score (nSPS) is 15.9. The van der Waals surface area contributed by atoms with Crippen molar-refractivity contribution < 1.29 is 4.74 Å². The first-order valence-electron chi connectivity index (χ1n) is 13.2. The smallest absolute Gasteiger partial charge is 0.138 e. The first-order chi connectivity index (χ1) is 18.0. The second-order valence-corrected chi connectivity index (χ2v) is 10.7. The van der Waals surface area contributed by atoms with Crippen LogP contribution in [0.15, 0.2) is 67.0 Å². The quantitative estimate of drug-likeness (QED) is 0.242. The van der Waals surface area contributed by atoms with Gasteiger partial charge in [-0.2, -0.15) is 0 Å². The largest absolute Gasteiger partial charge is 0.492 e. The van der Waals surface area contributed by atoms with Gasteiger partial charge in [-0.1, -0.05) is 53.4 Å². The minimum Gasteiger partial charge on any atom is -0.492 e.